The summed E-state index contributed by atoms with van der Waals surface area (Å²) < 4.78 is 40.6. The van der Waals surface area contributed by atoms with Crippen LogP contribution < -0.4 is 13.8 Å². The van der Waals surface area contributed by atoms with Crippen LogP contribution in [0.3, 0.4) is 0 Å². The van der Waals surface area contributed by atoms with E-state index < -0.39 is 10.0 Å². The van der Waals surface area contributed by atoms with Gasteiger partial charge in [0.05, 0.1) is 17.7 Å². The van der Waals surface area contributed by atoms with E-state index in [1.807, 2.05) is 36.6 Å². The number of anilines is 1. The van der Waals surface area contributed by atoms with Crippen LogP contribution in [-0.2, 0) is 16.6 Å². The molecule has 0 unspecified atom stereocenters. The van der Waals surface area contributed by atoms with Crippen LogP contribution in [0.1, 0.15) is 10.4 Å². The Morgan fingerprint density at radius 3 is 2.68 bits per heavy atom. The Balaban J connectivity index is 1.66. The van der Waals surface area contributed by atoms with E-state index in [0.29, 0.717) is 35.9 Å². The molecule has 6 nitrogen and oxygen atoms in total. The lowest BCUT2D eigenvalue weighted by Crippen LogP contribution is -2.30. The zero-order valence-electron chi connectivity index (χ0n) is 16.8. The lowest BCUT2D eigenvalue weighted by Gasteiger charge is -2.26. The van der Waals surface area contributed by atoms with E-state index in [9.17, 15) is 8.42 Å². The number of fused-ring (bicyclic) bond motifs is 2. The number of pyridine rings is 1. The molecule has 158 valence electrons. The number of sulfonamides is 1. The Morgan fingerprint density at radius 2 is 1.87 bits per heavy atom. The fraction of sp³-hybridized carbons (Fsp3) is 0.174. The Labute approximate surface area is 184 Å². The summed E-state index contributed by atoms with van der Waals surface area (Å²) in [6.45, 7) is 3.05. The van der Waals surface area contributed by atoms with Crippen LogP contribution in [0.15, 0.2) is 71.1 Å². The number of thiophene rings is 1. The second-order valence-corrected chi connectivity index (χ2v) is 10.1. The Kier molecular flexibility index (Phi) is 5.03. The van der Waals surface area contributed by atoms with Crippen LogP contribution in [0.25, 0.3) is 10.9 Å². The topological polar surface area (TPSA) is 68.7 Å². The maximum Gasteiger partial charge on any atom is 0.266 e. The number of ether oxygens (including phenoxy) is 2. The molecule has 0 atom stereocenters. The maximum atomic E-state index is 13.9. The van der Waals surface area contributed by atoms with Gasteiger partial charge in [-0.25, -0.2) is 8.42 Å². The molecule has 1 aliphatic heterocycles. The fourth-order valence-corrected chi connectivity index (χ4v) is 5.99. The third kappa shape index (κ3) is 3.73. The Bertz CT molecular complexity index is 1350. The van der Waals surface area contributed by atoms with Gasteiger partial charge in [-0.2, -0.15) is 0 Å². The molecule has 31 heavy (non-hydrogen) atoms. The van der Waals surface area contributed by atoms with E-state index >= 15 is 0 Å². The molecule has 0 saturated carbocycles. The number of rotatable bonds is 5. The first-order valence-corrected chi connectivity index (χ1v) is 12.1. The quantitative estimate of drug-likeness (QED) is 0.436. The zero-order chi connectivity index (χ0) is 21.4. The van der Waals surface area contributed by atoms with Crippen molar-refractivity contribution in [3.63, 3.8) is 0 Å². The number of aromatic nitrogens is 1. The molecule has 5 rings (SSSR count). The van der Waals surface area contributed by atoms with Gasteiger partial charge >= 0.3 is 0 Å². The van der Waals surface area contributed by atoms with Crippen molar-refractivity contribution in [2.75, 3.05) is 17.5 Å². The standard InChI is InChI=1S/C23H20N2O4S2/c1-16-12-17-4-2-6-22(23(17)24-14-16)31(26,27)25(15-19-5-3-11-30-19)18-7-8-20-21(13-18)29-10-9-28-20/h2-8,11-14H,9-10,15H2,1H3. The number of benzene rings is 2. The molecule has 0 amide bonds. The van der Waals surface area contributed by atoms with Gasteiger partial charge in [-0.1, -0.05) is 18.2 Å². The van der Waals surface area contributed by atoms with E-state index in [-0.39, 0.29) is 11.4 Å². The second-order valence-electron chi connectivity index (χ2n) is 7.26. The van der Waals surface area contributed by atoms with Gasteiger partial charge in [-0.05, 0) is 48.2 Å². The summed E-state index contributed by atoms with van der Waals surface area (Å²) in [7, 11) is -3.92. The van der Waals surface area contributed by atoms with Crippen LogP contribution in [0, 0.1) is 6.92 Å². The maximum absolute atomic E-state index is 13.9. The Hall–Kier alpha value is -3.10. The van der Waals surface area contributed by atoms with Crippen molar-refractivity contribution in [3.05, 3.63) is 76.6 Å². The summed E-state index contributed by atoms with van der Waals surface area (Å²) in [4.78, 5) is 5.55. The number of nitrogens with zero attached hydrogens (tertiary/aromatic N) is 2. The van der Waals surface area contributed by atoms with Gasteiger partial charge in [0.15, 0.2) is 11.5 Å². The first-order valence-electron chi connectivity index (χ1n) is 9.82. The van der Waals surface area contributed by atoms with Gasteiger partial charge in [0.1, 0.15) is 18.1 Å². The third-order valence-corrected chi connectivity index (χ3v) is 7.74. The minimum absolute atomic E-state index is 0.177. The minimum atomic E-state index is -3.92. The largest absolute Gasteiger partial charge is 0.486 e. The van der Waals surface area contributed by atoms with Crippen LogP contribution in [0.4, 0.5) is 5.69 Å². The van der Waals surface area contributed by atoms with Gasteiger partial charge in [-0.15, -0.1) is 11.3 Å². The predicted octanol–water partition coefficient (Wildman–Crippen LogP) is 4.77. The summed E-state index contributed by atoms with van der Waals surface area (Å²) in [5.41, 5.74) is 1.95. The molecule has 0 N–H and O–H groups in total. The molecule has 1 aliphatic rings. The molecule has 0 fully saturated rings. The molecule has 0 radical (unpaired) electrons. The Morgan fingerprint density at radius 1 is 1.03 bits per heavy atom. The van der Waals surface area contributed by atoms with Gasteiger partial charge in [0, 0.05) is 22.5 Å². The number of hydrogen-bond acceptors (Lipinski definition) is 6. The van der Waals surface area contributed by atoms with Crippen molar-refractivity contribution < 1.29 is 17.9 Å². The summed E-state index contributed by atoms with van der Waals surface area (Å²) in [5.74, 6) is 1.16. The van der Waals surface area contributed by atoms with Gasteiger partial charge in [0.25, 0.3) is 10.0 Å². The first kappa shape index (κ1) is 19.8. The number of hydrogen-bond donors (Lipinski definition) is 0. The van der Waals surface area contributed by atoms with Crippen molar-refractivity contribution in [2.45, 2.75) is 18.4 Å². The molecule has 0 saturated heterocycles. The molecule has 0 aliphatic carbocycles. The summed E-state index contributed by atoms with van der Waals surface area (Å²) >= 11 is 1.51. The molecule has 8 heteroatoms. The third-order valence-electron chi connectivity index (χ3n) is 5.07. The predicted molar refractivity (Wildman–Crippen MR) is 122 cm³/mol. The SMILES string of the molecule is Cc1cnc2c(S(=O)(=O)N(Cc3cccs3)c3ccc4c(c3)OCCO4)cccc2c1. The van der Waals surface area contributed by atoms with E-state index in [0.717, 1.165) is 15.8 Å². The number of aryl methyl sites for hydroxylation is 1. The fourth-order valence-electron chi connectivity index (χ4n) is 3.62. The summed E-state index contributed by atoms with van der Waals surface area (Å²) in [6.07, 6.45) is 1.69. The van der Waals surface area contributed by atoms with Crippen LogP contribution >= 0.6 is 11.3 Å². The molecular formula is C23H20N2O4S2. The minimum Gasteiger partial charge on any atom is -0.486 e. The molecule has 3 heterocycles. The molecule has 2 aromatic carbocycles. The summed E-state index contributed by atoms with van der Waals surface area (Å²) in [6, 6.07) is 16.3. The normalized spacial score (nSPS) is 13.3. The van der Waals surface area contributed by atoms with Crippen molar-refractivity contribution in [3.8, 4) is 11.5 Å². The highest BCUT2D eigenvalue weighted by Gasteiger charge is 2.29. The summed E-state index contributed by atoms with van der Waals surface area (Å²) in [5, 5.41) is 2.73. The van der Waals surface area contributed by atoms with E-state index in [4.69, 9.17) is 9.47 Å². The highest BCUT2D eigenvalue weighted by atomic mass is 32.2. The van der Waals surface area contributed by atoms with Gasteiger partial charge in [-0.3, -0.25) is 9.29 Å². The molecule has 4 aromatic rings. The van der Waals surface area contributed by atoms with E-state index in [1.165, 1.54) is 15.6 Å². The highest BCUT2D eigenvalue weighted by Crippen LogP contribution is 2.37. The van der Waals surface area contributed by atoms with Gasteiger partial charge in [0.2, 0.25) is 0 Å². The van der Waals surface area contributed by atoms with Crippen LogP contribution in [-0.4, -0.2) is 26.6 Å². The van der Waals surface area contributed by atoms with Crippen molar-refractivity contribution in [2.24, 2.45) is 0 Å². The monoisotopic (exact) mass is 452 g/mol. The lowest BCUT2D eigenvalue weighted by molar-refractivity contribution is 0.171. The smallest absolute Gasteiger partial charge is 0.266 e. The average Bonchev–Trinajstić information content (AvgIpc) is 3.30. The highest BCUT2D eigenvalue weighted by molar-refractivity contribution is 7.93. The van der Waals surface area contributed by atoms with E-state index in [1.54, 1.807) is 36.5 Å². The van der Waals surface area contributed by atoms with E-state index in [2.05, 4.69) is 4.98 Å². The van der Waals surface area contributed by atoms with Crippen molar-refractivity contribution in [1.82, 2.24) is 4.98 Å². The van der Waals surface area contributed by atoms with Crippen LogP contribution in [0.5, 0.6) is 11.5 Å². The van der Waals surface area contributed by atoms with Crippen molar-refractivity contribution in [1.29, 1.82) is 0 Å². The molecular weight excluding hydrogens is 432 g/mol. The second kappa shape index (κ2) is 7.86. The number of para-hydroxylation sites is 1. The zero-order valence-corrected chi connectivity index (χ0v) is 18.4. The van der Waals surface area contributed by atoms with Gasteiger partial charge < -0.3 is 9.47 Å². The first-order chi connectivity index (χ1) is 15.0. The molecule has 0 spiro atoms. The molecule has 0 bridgehead atoms. The average molecular weight is 453 g/mol. The van der Waals surface area contributed by atoms with Crippen molar-refractivity contribution >= 4 is 38.0 Å². The van der Waals surface area contributed by atoms with Crippen LogP contribution in [0.2, 0.25) is 0 Å². The molecule has 2 aromatic heterocycles. The lowest BCUT2D eigenvalue weighted by atomic mass is 10.2.